The van der Waals surface area contributed by atoms with Crippen LogP contribution in [0.5, 0.6) is 5.88 Å². The fourth-order valence-electron chi connectivity index (χ4n) is 1.17. The van der Waals surface area contributed by atoms with Crippen LogP contribution in [0.25, 0.3) is 0 Å². The fourth-order valence-corrected chi connectivity index (χ4v) is 1.17. The first-order valence-electron chi connectivity index (χ1n) is 5.35. The number of nitrogens with zero attached hydrogens (tertiary/aromatic N) is 1. The summed E-state index contributed by atoms with van der Waals surface area (Å²) in [7, 11) is 0. The molecule has 0 aliphatic carbocycles. The molecule has 0 aromatic carbocycles. The first kappa shape index (κ1) is 13.2. The van der Waals surface area contributed by atoms with Crippen molar-refractivity contribution in [2.75, 3.05) is 25.6 Å². The maximum absolute atomic E-state index is 11.6. The molecule has 0 atom stereocenters. The number of carbonyl (C=O) groups is 1. The van der Waals surface area contributed by atoms with Crippen LogP contribution in [0.15, 0.2) is 12.3 Å². The van der Waals surface area contributed by atoms with Crippen LogP contribution in [0.4, 0.5) is 5.69 Å². The largest absolute Gasteiger partial charge is 0.477 e. The van der Waals surface area contributed by atoms with E-state index >= 15 is 0 Å². The SMILES string of the molecule is CCOC(=O)c1cc(N)cnc1OCCCO. The normalized spacial score (nSPS) is 10.0. The lowest BCUT2D eigenvalue weighted by Gasteiger charge is -2.09. The molecule has 1 aromatic rings. The van der Waals surface area contributed by atoms with Crippen LogP contribution in [0.1, 0.15) is 23.7 Å². The quantitative estimate of drug-likeness (QED) is 0.558. The van der Waals surface area contributed by atoms with E-state index in [1.165, 1.54) is 12.3 Å². The van der Waals surface area contributed by atoms with Gasteiger partial charge in [0.1, 0.15) is 5.56 Å². The summed E-state index contributed by atoms with van der Waals surface area (Å²) in [6.07, 6.45) is 1.87. The van der Waals surface area contributed by atoms with Crippen molar-refractivity contribution >= 4 is 11.7 Å². The third kappa shape index (κ3) is 3.92. The molecule has 1 heterocycles. The number of nitrogens with two attached hydrogens (primary N) is 1. The van der Waals surface area contributed by atoms with Gasteiger partial charge in [-0.15, -0.1) is 0 Å². The van der Waals surface area contributed by atoms with Gasteiger partial charge in [-0.2, -0.15) is 0 Å². The minimum atomic E-state index is -0.522. The van der Waals surface area contributed by atoms with E-state index in [9.17, 15) is 4.79 Å². The molecule has 0 unspecified atom stereocenters. The summed E-state index contributed by atoms with van der Waals surface area (Å²) in [5, 5.41) is 8.64. The predicted octanol–water partition coefficient (Wildman–Crippen LogP) is 0.602. The summed E-state index contributed by atoms with van der Waals surface area (Å²) in [5.41, 5.74) is 6.11. The molecule has 0 saturated heterocycles. The number of aliphatic hydroxyl groups is 1. The van der Waals surface area contributed by atoms with E-state index in [2.05, 4.69) is 4.98 Å². The Labute approximate surface area is 99.4 Å². The molecule has 1 aromatic heterocycles. The minimum absolute atomic E-state index is 0.0176. The number of esters is 1. The Morgan fingerprint density at radius 1 is 1.59 bits per heavy atom. The molecule has 94 valence electrons. The van der Waals surface area contributed by atoms with E-state index in [4.69, 9.17) is 20.3 Å². The summed E-state index contributed by atoms with van der Waals surface area (Å²) in [4.78, 5) is 15.5. The van der Waals surface area contributed by atoms with Gasteiger partial charge in [0.15, 0.2) is 0 Å². The van der Waals surface area contributed by atoms with Gasteiger partial charge in [0.2, 0.25) is 5.88 Å². The standard InChI is InChI=1S/C11H16N2O4/c1-2-16-11(15)9-6-8(12)7-13-10(9)17-5-3-4-14/h6-7,14H,2-5,12H2,1H3. The summed E-state index contributed by atoms with van der Waals surface area (Å²) < 4.78 is 10.1. The number of anilines is 1. The number of aliphatic hydroxyl groups excluding tert-OH is 1. The Balaban J connectivity index is 2.83. The third-order valence-corrected chi connectivity index (χ3v) is 1.91. The van der Waals surface area contributed by atoms with Gasteiger partial charge in [0.05, 0.1) is 25.1 Å². The molecule has 3 N–H and O–H groups in total. The van der Waals surface area contributed by atoms with E-state index in [1.807, 2.05) is 0 Å². The Bertz CT molecular complexity index is 382. The van der Waals surface area contributed by atoms with E-state index < -0.39 is 5.97 Å². The Hall–Kier alpha value is -1.82. The Morgan fingerprint density at radius 3 is 3.00 bits per heavy atom. The molecule has 6 heteroatoms. The smallest absolute Gasteiger partial charge is 0.343 e. The average molecular weight is 240 g/mol. The maximum Gasteiger partial charge on any atom is 0.343 e. The second-order valence-corrected chi connectivity index (χ2v) is 3.27. The number of ether oxygens (including phenoxy) is 2. The highest BCUT2D eigenvalue weighted by atomic mass is 16.5. The lowest BCUT2D eigenvalue weighted by molar-refractivity contribution is 0.0520. The zero-order valence-electron chi connectivity index (χ0n) is 9.68. The Morgan fingerprint density at radius 2 is 2.35 bits per heavy atom. The molecule has 0 aliphatic rings. The lowest BCUT2D eigenvalue weighted by Crippen LogP contribution is -2.11. The van der Waals surface area contributed by atoms with Crippen LogP contribution in [0.2, 0.25) is 0 Å². The number of pyridine rings is 1. The van der Waals surface area contributed by atoms with E-state index in [1.54, 1.807) is 6.92 Å². The summed E-state index contributed by atoms with van der Waals surface area (Å²) >= 11 is 0. The molecule has 0 spiro atoms. The van der Waals surface area contributed by atoms with Gasteiger partial charge in [0.25, 0.3) is 0 Å². The van der Waals surface area contributed by atoms with Crippen molar-refractivity contribution < 1.29 is 19.4 Å². The van der Waals surface area contributed by atoms with Crippen molar-refractivity contribution in [1.82, 2.24) is 4.98 Å². The summed E-state index contributed by atoms with van der Waals surface area (Å²) in [5.74, 6) is -0.350. The highest BCUT2D eigenvalue weighted by Gasteiger charge is 2.15. The van der Waals surface area contributed by atoms with E-state index in [-0.39, 0.29) is 31.3 Å². The predicted molar refractivity (Wildman–Crippen MR) is 61.8 cm³/mol. The molecular formula is C11H16N2O4. The first-order chi connectivity index (χ1) is 8.19. The second kappa shape index (κ2) is 6.70. The number of aromatic nitrogens is 1. The van der Waals surface area contributed by atoms with Crippen LogP contribution < -0.4 is 10.5 Å². The molecular weight excluding hydrogens is 224 g/mol. The molecule has 0 amide bonds. The molecule has 0 bridgehead atoms. The lowest BCUT2D eigenvalue weighted by atomic mass is 10.2. The highest BCUT2D eigenvalue weighted by molar-refractivity contribution is 5.92. The van der Waals surface area contributed by atoms with E-state index in [0.29, 0.717) is 12.1 Å². The van der Waals surface area contributed by atoms with Gasteiger partial charge in [-0.3, -0.25) is 0 Å². The fraction of sp³-hybridized carbons (Fsp3) is 0.455. The number of hydrogen-bond donors (Lipinski definition) is 2. The van der Waals surface area contributed by atoms with Crippen molar-refractivity contribution in [2.24, 2.45) is 0 Å². The Kier molecular flexibility index (Phi) is 5.22. The van der Waals surface area contributed by atoms with Crippen LogP contribution in [0, 0.1) is 0 Å². The number of rotatable bonds is 6. The maximum atomic E-state index is 11.6. The third-order valence-electron chi connectivity index (χ3n) is 1.91. The summed E-state index contributed by atoms with van der Waals surface area (Å²) in [6.45, 7) is 2.27. The molecule has 6 nitrogen and oxygen atoms in total. The molecule has 0 aliphatic heterocycles. The molecule has 0 fully saturated rings. The topological polar surface area (TPSA) is 94.7 Å². The highest BCUT2D eigenvalue weighted by Crippen LogP contribution is 2.19. The van der Waals surface area contributed by atoms with Gasteiger partial charge in [-0.05, 0) is 13.0 Å². The zero-order valence-corrected chi connectivity index (χ0v) is 9.68. The number of hydrogen-bond acceptors (Lipinski definition) is 6. The van der Waals surface area contributed by atoms with Crippen molar-refractivity contribution in [3.8, 4) is 5.88 Å². The van der Waals surface area contributed by atoms with Gasteiger partial charge in [-0.25, -0.2) is 9.78 Å². The van der Waals surface area contributed by atoms with Crippen LogP contribution >= 0.6 is 0 Å². The van der Waals surface area contributed by atoms with Crippen molar-refractivity contribution in [2.45, 2.75) is 13.3 Å². The number of nitrogen functional groups attached to an aromatic ring is 1. The number of carbonyl (C=O) groups excluding carboxylic acids is 1. The monoisotopic (exact) mass is 240 g/mol. The van der Waals surface area contributed by atoms with Gasteiger partial charge < -0.3 is 20.3 Å². The van der Waals surface area contributed by atoms with Crippen molar-refractivity contribution in [3.05, 3.63) is 17.8 Å². The van der Waals surface area contributed by atoms with Gasteiger partial charge in [0, 0.05) is 13.0 Å². The molecule has 1 rings (SSSR count). The van der Waals surface area contributed by atoms with Gasteiger partial charge in [-0.1, -0.05) is 0 Å². The van der Waals surface area contributed by atoms with Gasteiger partial charge >= 0.3 is 5.97 Å². The molecule has 0 saturated carbocycles. The van der Waals surface area contributed by atoms with Crippen LogP contribution in [-0.4, -0.2) is 35.9 Å². The second-order valence-electron chi connectivity index (χ2n) is 3.27. The van der Waals surface area contributed by atoms with Crippen LogP contribution in [-0.2, 0) is 4.74 Å². The minimum Gasteiger partial charge on any atom is -0.477 e. The molecule has 17 heavy (non-hydrogen) atoms. The van der Waals surface area contributed by atoms with Crippen molar-refractivity contribution in [3.63, 3.8) is 0 Å². The molecule has 0 radical (unpaired) electrons. The summed E-state index contributed by atoms with van der Waals surface area (Å²) in [6, 6.07) is 1.46. The average Bonchev–Trinajstić information content (AvgIpc) is 2.31. The van der Waals surface area contributed by atoms with Crippen LogP contribution in [0.3, 0.4) is 0 Å². The zero-order chi connectivity index (χ0) is 12.7. The first-order valence-corrected chi connectivity index (χ1v) is 5.35. The van der Waals surface area contributed by atoms with Crippen molar-refractivity contribution in [1.29, 1.82) is 0 Å². The van der Waals surface area contributed by atoms with E-state index in [0.717, 1.165) is 0 Å².